The van der Waals surface area contributed by atoms with Crippen molar-refractivity contribution in [3.63, 3.8) is 0 Å². The maximum Gasteiger partial charge on any atom is 0.224 e. The third kappa shape index (κ3) is 2.84. The Morgan fingerprint density at radius 1 is 1.04 bits per heavy atom. The van der Waals surface area contributed by atoms with Gasteiger partial charge in [-0.15, -0.1) is 0 Å². The van der Waals surface area contributed by atoms with Crippen molar-refractivity contribution in [3.8, 4) is 0 Å². The predicted octanol–water partition coefficient (Wildman–Crippen LogP) is 2.97. The van der Waals surface area contributed by atoms with E-state index in [1.54, 1.807) is 6.20 Å². The van der Waals surface area contributed by atoms with E-state index in [4.69, 9.17) is 0 Å². The highest BCUT2D eigenvalue weighted by molar-refractivity contribution is 5.87. The number of carbonyl (C=O) groups excluding carboxylic acids is 1. The third-order valence-corrected chi connectivity index (χ3v) is 3.96. The summed E-state index contributed by atoms with van der Waals surface area (Å²) in [5.74, 6) is 0.703. The molecule has 0 aliphatic carbocycles. The fourth-order valence-corrected chi connectivity index (χ4v) is 2.82. The van der Waals surface area contributed by atoms with Crippen LogP contribution in [0.15, 0.2) is 60.8 Å². The molecule has 4 aromatic rings. The van der Waals surface area contributed by atoms with Gasteiger partial charge in [-0.1, -0.05) is 36.4 Å². The lowest BCUT2D eigenvalue weighted by Crippen LogP contribution is -2.25. The van der Waals surface area contributed by atoms with Gasteiger partial charge in [-0.2, -0.15) is 0 Å². The lowest BCUT2D eigenvalue weighted by atomic mass is 10.1. The van der Waals surface area contributed by atoms with Gasteiger partial charge in [0.05, 0.1) is 29.5 Å². The van der Waals surface area contributed by atoms with Crippen molar-refractivity contribution in [2.45, 2.75) is 13.0 Å². The molecule has 0 aliphatic rings. The highest BCUT2D eigenvalue weighted by atomic mass is 16.1. The molecule has 0 bridgehead atoms. The number of imidazole rings is 1. The average Bonchev–Trinajstić information content (AvgIpc) is 3.03. The molecule has 0 spiro atoms. The minimum Gasteiger partial charge on any atom is -0.349 e. The van der Waals surface area contributed by atoms with E-state index in [1.807, 2.05) is 54.6 Å². The van der Waals surface area contributed by atoms with Gasteiger partial charge in [0.25, 0.3) is 0 Å². The van der Waals surface area contributed by atoms with Crippen molar-refractivity contribution >= 4 is 27.8 Å². The van der Waals surface area contributed by atoms with Crippen LogP contribution < -0.4 is 5.32 Å². The Morgan fingerprint density at radius 3 is 2.83 bits per heavy atom. The summed E-state index contributed by atoms with van der Waals surface area (Å²) in [7, 11) is 0. The minimum absolute atomic E-state index is 0.0476. The standard InChI is InChI=1S/C19H16N4O/c24-18(11-14-6-3-5-13-7-4-10-20-19(13)14)21-12-17-22-15-8-1-2-9-16(15)23-17/h1-10H,11-12H2,(H,21,24)(H,22,23). The van der Waals surface area contributed by atoms with Crippen LogP contribution >= 0.6 is 0 Å². The van der Waals surface area contributed by atoms with Gasteiger partial charge in [-0.05, 0) is 23.8 Å². The SMILES string of the molecule is O=C(Cc1cccc2cccnc12)NCc1nc2ccccc2[nH]1. The normalized spacial score (nSPS) is 11.0. The number of amides is 1. The van der Waals surface area contributed by atoms with Gasteiger partial charge >= 0.3 is 0 Å². The minimum atomic E-state index is -0.0476. The van der Waals surface area contributed by atoms with E-state index in [0.717, 1.165) is 33.3 Å². The Hall–Kier alpha value is -3.21. The maximum atomic E-state index is 12.3. The molecule has 5 nitrogen and oxygen atoms in total. The second-order valence-electron chi connectivity index (χ2n) is 5.65. The van der Waals surface area contributed by atoms with Crippen LogP contribution in [-0.4, -0.2) is 20.9 Å². The van der Waals surface area contributed by atoms with Crippen molar-refractivity contribution in [1.82, 2.24) is 20.3 Å². The molecule has 5 heteroatoms. The van der Waals surface area contributed by atoms with Gasteiger partial charge in [-0.25, -0.2) is 4.98 Å². The average molecular weight is 316 g/mol. The summed E-state index contributed by atoms with van der Waals surface area (Å²) >= 11 is 0. The van der Waals surface area contributed by atoms with E-state index in [-0.39, 0.29) is 5.91 Å². The zero-order valence-electron chi connectivity index (χ0n) is 13.0. The first-order valence-electron chi connectivity index (χ1n) is 7.82. The highest BCUT2D eigenvalue weighted by Gasteiger charge is 2.09. The lowest BCUT2D eigenvalue weighted by molar-refractivity contribution is -0.120. The van der Waals surface area contributed by atoms with Crippen LogP contribution in [0, 0.1) is 0 Å². The molecule has 4 rings (SSSR count). The summed E-state index contributed by atoms with van der Waals surface area (Å²) in [6, 6.07) is 17.6. The van der Waals surface area contributed by atoms with Gasteiger partial charge in [0, 0.05) is 11.6 Å². The first-order valence-corrected chi connectivity index (χ1v) is 7.82. The van der Waals surface area contributed by atoms with Gasteiger partial charge in [0.15, 0.2) is 0 Å². The second-order valence-corrected chi connectivity index (χ2v) is 5.65. The number of rotatable bonds is 4. The zero-order chi connectivity index (χ0) is 16.4. The molecule has 2 aromatic heterocycles. The number of aromatic nitrogens is 3. The Bertz CT molecular complexity index is 984. The quantitative estimate of drug-likeness (QED) is 0.608. The molecule has 0 atom stereocenters. The van der Waals surface area contributed by atoms with E-state index >= 15 is 0 Å². The van der Waals surface area contributed by atoms with Crippen molar-refractivity contribution in [2.75, 3.05) is 0 Å². The first-order chi connectivity index (χ1) is 11.8. The van der Waals surface area contributed by atoms with Crippen LogP contribution in [0.4, 0.5) is 0 Å². The van der Waals surface area contributed by atoms with Gasteiger partial charge in [-0.3, -0.25) is 9.78 Å². The van der Waals surface area contributed by atoms with Gasteiger partial charge < -0.3 is 10.3 Å². The molecule has 0 unspecified atom stereocenters. The number of nitrogens with one attached hydrogen (secondary N) is 2. The summed E-state index contributed by atoms with van der Waals surface area (Å²) in [4.78, 5) is 24.3. The number of carbonyl (C=O) groups is 1. The van der Waals surface area contributed by atoms with Crippen LogP contribution in [0.1, 0.15) is 11.4 Å². The summed E-state index contributed by atoms with van der Waals surface area (Å²) < 4.78 is 0. The monoisotopic (exact) mass is 316 g/mol. The topological polar surface area (TPSA) is 70.7 Å². The molecule has 2 aromatic carbocycles. The summed E-state index contributed by atoms with van der Waals surface area (Å²) in [6.45, 7) is 0.381. The third-order valence-electron chi connectivity index (χ3n) is 3.96. The number of pyridine rings is 1. The van der Waals surface area contributed by atoms with E-state index in [0.29, 0.717) is 13.0 Å². The van der Waals surface area contributed by atoms with Crippen LogP contribution in [-0.2, 0) is 17.8 Å². The van der Waals surface area contributed by atoms with Crippen LogP contribution in [0.2, 0.25) is 0 Å². The maximum absolute atomic E-state index is 12.3. The van der Waals surface area contributed by atoms with Crippen LogP contribution in [0.25, 0.3) is 21.9 Å². The van der Waals surface area contributed by atoms with Crippen molar-refractivity contribution in [1.29, 1.82) is 0 Å². The van der Waals surface area contributed by atoms with E-state index in [1.165, 1.54) is 0 Å². The van der Waals surface area contributed by atoms with Crippen LogP contribution in [0.5, 0.6) is 0 Å². The molecule has 0 saturated heterocycles. The number of para-hydroxylation sites is 3. The Labute approximate surface area is 138 Å². The number of benzene rings is 2. The van der Waals surface area contributed by atoms with E-state index < -0.39 is 0 Å². The summed E-state index contributed by atoms with van der Waals surface area (Å²) in [6.07, 6.45) is 2.05. The van der Waals surface area contributed by atoms with Crippen molar-refractivity contribution in [2.24, 2.45) is 0 Å². The molecule has 118 valence electrons. The molecule has 0 radical (unpaired) electrons. The fraction of sp³-hybridized carbons (Fsp3) is 0.105. The zero-order valence-corrected chi connectivity index (χ0v) is 13.0. The van der Waals surface area contributed by atoms with Crippen molar-refractivity contribution in [3.05, 3.63) is 72.2 Å². The number of hydrogen-bond donors (Lipinski definition) is 2. The Morgan fingerprint density at radius 2 is 1.92 bits per heavy atom. The number of fused-ring (bicyclic) bond motifs is 2. The van der Waals surface area contributed by atoms with Crippen molar-refractivity contribution < 1.29 is 4.79 Å². The summed E-state index contributed by atoms with van der Waals surface area (Å²) in [5.41, 5.74) is 3.68. The molecule has 2 heterocycles. The molecular formula is C19H16N4O. The molecule has 0 fully saturated rings. The van der Waals surface area contributed by atoms with Gasteiger partial charge in [0.1, 0.15) is 5.82 Å². The molecular weight excluding hydrogens is 300 g/mol. The molecule has 2 N–H and O–H groups in total. The number of hydrogen-bond acceptors (Lipinski definition) is 3. The Balaban J connectivity index is 1.46. The lowest BCUT2D eigenvalue weighted by Gasteiger charge is -2.06. The second kappa shape index (κ2) is 6.12. The molecule has 24 heavy (non-hydrogen) atoms. The number of aromatic amines is 1. The Kier molecular flexibility index (Phi) is 3.67. The van der Waals surface area contributed by atoms with E-state index in [9.17, 15) is 4.79 Å². The first kappa shape index (κ1) is 14.4. The van der Waals surface area contributed by atoms with Gasteiger partial charge in [0.2, 0.25) is 5.91 Å². The van der Waals surface area contributed by atoms with Crippen LogP contribution in [0.3, 0.4) is 0 Å². The number of H-pyrrole nitrogens is 1. The fourth-order valence-electron chi connectivity index (χ4n) is 2.82. The molecule has 0 saturated carbocycles. The highest BCUT2D eigenvalue weighted by Crippen LogP contribution is 2.16. The molecule has 0 aliphatic heterocycles. The largest absolute Gasteiger partial charge is 0.349 e. The summed E-state index contributed by atoms with van der Waals surface area (Å²) in [5, 5.41) is 3.95. The van der Waals surface area contributed by atoms with E-state index in [2.05, 4.69) is 20.3 Å². The predicted molar refractivity (Wildman–Crippen MR) is 93.4 cm³/mol. The number of nitrogens with zero attached hydrogens (tertiary/aromatic N) is 2. The smallest absolute Gasteiger partial charge is 0.224 e. The molecule has 1 amide bonds.